The van der Waals surface area contributed by atoms with E-state index in [1.807, 2.05) is 0 Å². The van der Waals surface area contributed by atoms with Crippen LogP contribution in [0.5, 0.6) is 0 Å². The maximum absolute atomic E-state index is 7.23. The molecule has 4 heterocycles. The Morgan fingerprint density at radius 1 is 0.419 bits per heavy atom. The van der Waals surface area contributed by atoms with Gasteiger partial charge in [0.05, 0.1) is 11.0 Å². The molecule has 0 atom stereocenters. The highest BCUT2D eigenvalue weighted by Gasteiger charge is 2.47. The third kappa shape index (κ3) is 5.75. The van der Waals surface area contributed by atoms with Crippen LogP contribution in [0.2, 0.25) is 0 Å². The zero-order valence-corrected chi connectivity index (χ0v) is 44.1. The van der Waals surface area contributed by atoms with E-state index in [-0.39, 0.29) is 28.5 Å². The first-order valence-corrected chi connectivity index (χ1v) is 26.7. The molecule has 0 fully saturated rings. The van der Waals surface area contributed by atoms with Crippen LogP contribution in [0, 0.1) is 0 Å². The Bertz CT molecular complexity index is 4250. The van der Waals surface area contributed by atoms with Gasteiger partial charge in [0, 0.05) is 66.1 Å². The summed E-state index contributed by atoms with van der Waals surface area (Å²) < 4.78 is 9.89. The number of rotatable bonds is 3. The third-order valence-electron chi connectivity index (χ3n) is 17.9. The van der Waals surface area contributed by atoms with Crippen molar-refractivity contribution in [3.8, 4) is 61.7 Å². The number of hydrogen-bond donors (Lipinski definition) is 0. The molecule has 0 bridgehead atoms. The Labute approximate surface area is 435 Å². The Kier molecular flexibility index (Phi) is 8.56. The summed E-state index contributed by atoms with van der Waals surface area (Å²) in [7, 11) is 0. The standard InChI is InChI=1S/C70H59BN2O/c1-67(2,3)42-25-28-44(29-26-42)73-61-39-58-50(46-30-27-43(68(4,5)6)33-56(46)70(58,9)10)34-51(61)47-31-32-48-52-35-49-45-23-17-18-24-55(45)69(7,8)57(49)38-60(52)72-62-37-54-53(36-59(62)71(73)63(47)64(48)72)65(40-19-13-11-14-20-40)74-66(54)41-21-15-12-16-22-41/h11-39H,1-10H3. The van der Waals surface area contributed by atoms with E-state index in [2.05, 4.69) is 255 Å². The predicted octanol–water partition coefficient (Wildman–Crippen LogP) is 17.3. The van der Waals surface area contributed by atoms with Crippen LogP contribution in [0.15, 0.2) is 180 Å². The van der Waals surface area contributed by atoms with Gasteiger partial charge in [-0.25, -0.2) is 0 Å². The molecular formula is C70H59BN2O. The molecular weight excluding hydrogens is 896 g/mol. The molecule has 9 aromatic carbocycles. The molecule has 2 aromatic heterocycles. The van der Waals surface area contributed by atoms with E-state index in [9.17, 15) is 0 Å². The molecule has 74 heavy (non-hydrogen) atoms. The molecule has 15 rings (SSSR count). The largest absolute Gasteiger partial charge is 0.455 e. The highest BCUT2D eigenvalue weighted by atomic mass is 16.3. The second-order valence-corrected chi connectivity index (χ2v) is 24.9. The quantitative estimate of drug-likeness (QED) is 0.165. The van der Waals surface area contributed by atoms with Crippen LogP contribution in [0.1, 0.15) is 103 Å². The van der Waals surface area contributed by atoms with Crippen LogP contribution < -0.4 is 15.7 Å². The number of furan rings is 1. The molecule has 0 spiro atoms. The Hall–Kier alpha value is -7.82. The summed E-state index contributed by atoms with van der Waals surface area (Å²) >= 11 is 0. The first-order chi connectivity index (χ1) is 35.5. The minimum absolute atomic E-state index is 0.00452. The van der Waals surface area contributed by atoms with Crippen molar-refractivity contribution in [2.24, 2.45) is 0 Å². The highest BCUT2D eigenvalue weighted by Crippen LogP contribution is 2.57. The third-order valence-corrected chi connectivity index (χ3v) is 17.9. The molecule has 0 unspecified atom stereocenters. The predicted molar refractivity (Wildman–Crippen MR) is 313 cm³/mol. The summed E-state index contributed by atoms with van der Waals surface area (Å²) in [5.41, 5.74) is 26.8. The summed E-state index contributed by atoms with van der Waals surface area (Å²) in [6.07, 6.45) is 0. The van der Waals surface area contributed by atoms with Gasteiger partial charge in [-0.05, 0) is 125 Å². The minimum Gasteiger partial charge on any atom is -0.455 e. The van der Waals surface area contributed by atoms with Crippen LogP contribution in [-0.4, -0.2) is 11.4 Å². The maximum Gasteiger partial charge on any atom is 0.333 e. The lowest BCUT2D eigenvalue weighted by Gasteiger charge is -2.42. The van der Waals surface area contributed by atoms with E-state index in [1.54, 1.807) is 0 Å². The Morgan fingerprint density at radius 2 is 0.986 bits per heavy atom. The van der Waals surface area contributed by atoms with Gasteiger partial charge in [-0.3, -0.25) is 0 Å². The highest BCUT2D eigenvalue weighted by molar-refractivity contribution is 6.94. The summed E-state index contributed by atoms with van der Waals surface area (Å²) in [5.74, 6) is 1.79. The zero-order chi connectivity index (χ0) is 50.5. The van der Waals surface area contributed by atoms with Gasteiger partial charge in [-0.2, -0.15) is 0 Å². The SMILES string of the molecule is CC(C)(C)c1ccc(N2B3c4cc5c(-c6ccccc6)oc(-c6ccccc6)c5cc4-n4c5cc6c(cc5c5ccc(c3c54)-c3cc4c(cc32)C(C)(C)c2cc(C(C)(C)C)ccc2-4)-c2ccccc2C6(C)C)cc1. The van der Waals surface area contributed by atoms with Crippen molar-refractivity contribution in [1.29, 1.82) is 0 Å². The first kappa shape index (κ1) is 43.7. The number of aromatic nitrogens is 1. The number of benzene rings is 9. The molecule has 11 aromatic rings. The molecule has 2 aliphatic carbocycles. The van der Waals surface area contributed by atoms with Crippen molar-refractivity contribution in [3.63, 3.8) is 0 Å². The normalized spacial score (nSPS) is 15.3. The van der Waals surface area contributed by atoms with Crippen LogP contribution in [0.25, 0.3) is 94.3 Å². The molecule has 358 valence electrons. The topological polar surface area (TPSA) is 21.3 Å². The average molecular weight is 955 g/mol. The van der Waals surface area contributed by atoms with E-state index >= 15 is 0 Å². The van der Waals surface area contributed by atoms with Gasteiger partial charge in [0.2, 0.25) is 0 Å². The monoisotopic (exact) mass is 954 g/mol. The molecule has 0 amide bonds. The summed E-state index contributed by atoms with van der Waals surface area (Å²) in [6, 6.07) is 67.4. The van der Waals surface area contributed by atoms with Crippen molar-refractivity contribution in [1.82, 2.24) is 4.57 Å². The Morgan fingerprint density at radius 3 is 1.68 bits per heavy atom. The van der Waals surface area contributed by atoms with Crippen molar-refractivity contribution < 1.29 is 4.42 Å². The number of anilines is 2. The van der Waals surface area contributed by atoms with Gasteiger partial charge in [0.25, 0.3) is 0 Å². The zero-order valence-electron chi connectivity index (χ0n) is 44.1. The lowest BCUT2D eigenvalue weighted by atomic mass is 9.43. The second-order valence-electron chi connectivity index (χ2n) is 24.9. The molecule has 4 aliphatic rings. The van der Waals surface area contributed by atoms with Crippen molar-refractivity contribution in [3.05, 3.63) is 209 Å². The van der Waals surface area contributed by atoms with E-state index < -0.39 is 0 Å². The molecule has 4 heteroatoms. The van der Waals surface area contributed by atoms with Crippen molar-refractivity contribution >= 4 is 61.7 Å². The fourth-order valence-electron chi connectivity index (χ4n) is 13.9. The summed E-state index contributed by atoms with van der Waals surface area (Å²) in [4.78, 5) is 2.72. The Balaban J connectivity index is 1.10. The second kappa shape index (κ2) is 14.5. The summed E-state index contributed by atoms with van der Waals surface area (Å²) in [5, 5.41) is 4.80. The average Bonchev–Trinajstić information content (AvgIpc) is 4.08. The molecule has 0 N–H and O–H groups in total. The van der Waals surface area contributed by atoms with Gasteiger partial charge in [-0.1, -0.05) is 203 Å². The van der Waals surface area contributed by atoms with E-state index in [0.29, 0.717) is 0 Å². The lowest BCUT2D eigenvalue weighted by molar-refractivity contribution is 0.584. The number of fused-ring (bicyclic) bond motifs is 15. The molecule has 0 saturated carbocycles. The molecule has 0 radical (unpaired) electrons. The van der Waals surface area contributed by atoms with Gasteiger partial charge in [-0.15, -0.1) is 0 Å². The van der Waals surface area contributed by atoms with Gasteiger partial charge >= 0.3 is 6.85 Å². The number of hydrogen-bond acceptors (Lipinski definition) is 2. The number of nitrogens with zero attached hydrogens (tertiary/aromatic N) is 2. The van der Waals surface area contributed by atoms with Gasteiger partial charge in [0.15, 0.2) is 0 Å². The van der Waals surface area contributed by atoms with Crippen molar-refractivity contribution in [2.45, 2.75) is 90.9 Å². The van der Waals surface area contributed by atoms with Gasteiger partial charge < -0.3 is 13.8 Å². The first-order valence-electron chi connectivity index (χ1n) is 26.7. The van der Waals surface area contributed by atoms with Gasteiger partial charge in [0.1, 0.15) is 11.5 Å². The van der Waals surface area contributed by atoms with Crippen LogP contribution in [0.4, 0.5) is 11.4 Å². The maximum atomic E-state index is 7.23. The van der Waals surface area contributed by atoms with Crippen LogP contribution in [0.3, 0.4) is 0 Å². The summed E-state index contributed by atoms with van der Waals surface area (Å²) in [6.45, 7) is 23.5. The van der Waals surface area contributed by atoms with E-state index in [1.165, 1.54) is 117 Å². The smallest absolute Gasteiger partial charge is 0.333 e. The fraction of sp³-hybridized carbons (Fsp3) is 0.200. The molecule has 2 aliphatic heterocycles. The van der Waals surface area contributed by atoms with E-state index in [0.717, 1.165) is 33.4 Å². The fourth-order valence-corrected chi connectivity index (χ4v) is 13.9. The van der Waals surface area contributed by atoms with Crippen molar-refractivity contribution in [2.75, 3.05) is 4.81 Å². The lowest BCUT2D eigenvalue weighted by Crippen LogP contribution is -2.60. The van der Waals surface area contributed by atoms with Crippen LogP contribution >= 0.6 is 0 Å². The molecule has 3 nitrogen and oxygen atoms in total. The minimum atomic E-state index is -0.210. The molecule has 0 saturated heterocycles. The van der Waals surface area contributed by atoms with Crippen LogP contribution in [-0.2, 0) is 21.7 Å². The van der Waals surface area contributed by atoms with E-state index in [4.69, 9.17) is 4.42 Å².